The lowest BCUT2D eigenvalue weighted by Gasteiger charge is -2.33. The minimum absolute atomic E-state index is 0.112. The Bertz CT molecular complexity index is 1210. The predicted octanol–water partition coefficient (Wildman–Crippen LogP) is 3.51. The van der Waals surface area contributed by atoms with Crippen molar-refractivity contribution in [2.24, 2.45) is 0 Å². The van der Waals surface area contributed by atoms with Gasteiger partial charge in [-0.1, -0.05) is 60.7 Å². The highest BCUT2D eigenvalue weighted by Crippen LogP contribution is 2.39. The van der Waals surface area contributed by atoms with E-state index < -0.39 is 31.8 Å². The van der Waals surface area contributed by atoms with Crippen molar-refractivity contribution in [1.82, 2.24) is 5.32 Å². The minimum Gasteiger partial charge on any atom is -0.497 e. The molecule has 36 heavy (non-hydrogen) atoms. The van der Waals surface area contributed by atoms with E-state index >= 15 is 0 Å². The summed E-state index contributed by atoms with van der Waals surface area (Å²) in [6.45, 7) is -0.112. The fourth-order valence-electron chi connectivity index (χ4n) is 3.79. The van der Waals surface area contributed by atoms with Crippen molar-refractivity contribution in [3.05, 3.63) is 84.4 Å². The molecule has 1 amide bonds. The Morgan fingerprint density at radius 3 is 2.25 bits per heavy atom. The summed E-state index contributed by atoms with van der Waals surface area (Å²) in [6.07, 6.45) is -0.855. The Labute approximate surface area is 209 Å². The second-order valence-electron chi connectivity index (χ2n) is 8.20. The molecule has 0 aliphatic rings. The predicted molar refractivity (Wildman–Crippen MR) is 137 cm³/mol. The van der Waals surface area contributed by atoms with Crippen molar-refractivity contribution in [3.8, 4) is 16.9 Å². The van der Waals surface area contributed by atoms with E-state index in [2.05, 4.69) is 5.32 Å². The third-order valence-electron chi connectivity index (χ3n) is 5.53. The maximum absolute atomic E-state index is 13.2. The first-order valence-corrected chi connectivity index (χ1v) is 13.0. The summed E-state index contributed by atoms with van der Waals surface area (Å²) in [5.74, 6) is -1.15. The molecule has 0 fully saturated rings. The smallest absolute Gasteiger partial charge is 0.344 e. The van der Waals surface area contributed by atoms with Crippen LogP contribution in [0.4, 0.5) is 5.69 Å². The number of amides is 1. The van der Waals surface area contributed by atoms with E-state index in [1.54, 1.807) is 24.3 Å². The maximum atomic E-state index is 13.2. The van der Waals surface area contributed by atoms with Gasteiger partial charge in [-0.25, -0.2) is 0 Å². The fourth-order valence-corrected chi connectivity index (χ4v) is 4.55. The molecular weight excluding hydrogens is 483 g/mol. The molecule has 1 atom stereocenters. The van der Waals surface area contributed by atoms with Crippen molar-refractivity contribution >= 4 is 25.2 Å². The van der Waals surface area contributed by atoms with Crippen LogP contribution >= 0.6 is 7.60 Å². The summed E-state index contributed by atoms with van der Waals surface area (Å²) in [4.78, 5) is 45.1. The van der Waals surface area contributed by atoms with Gasteiger partial charge in [-0.3, -0.25) is 14.2 Å². The first kappa shape index (κ1) is 26.9. The van der Waals surface area contributed by atoms with Crippen LogP contribution in [0.1, 0.15) is 12.0 Å². The lowest BCUT2D eigenvalue weighted by atomic mass is 9.99. The van der Waals surface area contributed by atoms with E-state index in [-0.39, 0.29) is 19.4 Å². The van der Waals surface area contributed by atoms with Crippen LogP contribution in [-0.4, -0.2) is 52.8 Å². The van der Waals surface area contributed by atoms with Gasteiger partial charge in [0.15, 0.2) is 0 Å². The third kappa shape index (κ3) is 7.95. The molecule has 0 saturated heterocycles. The average molecular weight is 512 g/mol. The van der Waals surface area contributed by atoms with Crippen LogP contribution in [0.3, 0.4) is 0 Å². The van der Waals surface area contributed by atoms with Crippen molar-refractivity contribution in [2.45, 2.75) is 18.9 Å². The summed E-state index contributed by atoms with van der Waals surface area (Å²) in [5.41, 5.74) is 3.18. The van der Waals surface area contributed by atoms with Crippen molar-refractivity contribution < 1.29 is 33.8 Å². The number of carboxylic acid groups (broad SMARTS) is 1. The number of aliphatic carboxylic acids is 1. The molecule has 0 bridgehead atoms. The molecule has 3 rings (SSSR count). The third-order valence-corrected chi connectivity index (χ3v) is 6.20. The van der Waals surface area contributed by atoms with E-state index in [9.17, 15) is 23.9 Å². The monoisotopic (exact) mass is 512 g/mol. The highest BCUT2D eigenvalue weighted by atomic mass is 31.2. The van der Waals surface area contributed by atoms with Crippen molar-refractivity contribution in [1.29, 1.82) is 0 Å². The first-order chi connectivity index (χ1) is 17.2. The van der Waals surface area contributed by atoms with Gasteiger partial charge >= 0.3 is 13.6 Å². The zero-order chi connectivity index (χ0) is 26.1. The second-order valence-corrected chi connectivity index (χ2v) is 9.81. The fraction of sp³-hybridized carbons (Fsp3) is 0.231. The van der Waals surface area contributed by atoms with Gasteiger partial charge in [-0.15, -0.1) is 0 Å². The number of methoxy groups -OCH3 is 1. The lowest BCUT2D eigenvalue weighted by molar-refractivity contribution is -0.136. The van der Waals surface area contributed by atoms with Gasteiger partial charge < -0.3 is 29.8 Å². The molecule has 0 radical (unpaired) electrons. The van der Waals surface area contributed by atoms with Crippen LogP contribution in [0.5, 0.6) is 5.75 Å². The number of hydrogen-bond donors (Lipinski definition) is 4. The molecule has 9 nitrogen and oxygen atoms in total. The van der Waals surface area contributed by atoms with E-state index in [0.29, 0.717) is 11.4 Å². The number of benzene rings is 3. The van der Waals surface area contributed by atoms with Gasteiger partial charge in [0.05, 0.1) is 13.5 Å². The van der Waals surface area contributed by atoms with Crippen LogP contribution in [0.25, 0.3) is 11.1 Å². The zero-order valence-electron chi connectivity index (χ0n) is 19.8. The maximum Gasteiger partial charge on any atom is 0.344 e. The molecular formula is C26H29N2O7P. The number of nitrogens with one attached hydrogen (secondary N) is 1. The Morgan fingerprint density at radius 1 is 0.972 bits per heavy atom. The molecule has 0 unspecified atom stereocenters. The average Bonchev–Trinajstić information content (AvgIpc) is 2.86. The van der Waals surface area contributed by atoms with Gasteiger partial charge in [0.1, 0.15) is 18.1 Å². The number of hydrogen-bond acceptors (Lipinski definition) is 5. The molecule has 0 saturated carbocycles. The zero-order valence-corrected chi connectivity index (χ0v) is 20.7. The van der Waals surface area contributed by atoms with Gasteiger partial charge in [-0.2, -0.15) is 0 Å². The van der Waals surface area contributed by atoms with Crippen LogP contribution in [0, 0.1) is 0 Å². The van der Waals surface area contributed by atoms with E-state index in [1.807, 2.05) is 54.6 Å². The Hall–Kier alpha value is -3.65. The van der Waals surface area contributed by atoms with Gasteiger partial charge in [0, 0.05) is 24.7 Å². The van der Waals surface area contributed by atoms with Crippen LogP contribution in [-0.2, 0) is 20.6 Å². The summed E-state index contributed by atoms with van der Waals surface area (Å²) in [7, 11) is -3.12. The molecule has 0 heterocycles. The van der Waals surface area contributed by atoms with E-state index in [1.165, 1.54) is 12.0 Å². The summed E-state index contributed by atoms with van der Waals surface area (Å²) in [6, 6.07) is 22.9. The van der Waals surface area contributed by atoms with Crippen molar-refractivity contribution in [3.63, 3.8) is 0 Å². The number of rotatable bonds is 12. The van der Waals surface area contributed by atoms with Crippen LogP contribution < -0.4 is 15.0 Å². The lowest BCUT2D eigenvalue weighted by Crippen LogP contribution is -2.49. The topological polar surface area (TPSA) is 136 Å². The summed E-state index contributed by atoms with van der Waals surface area (Å²) < 4.78 is 17.3. The molecule has 4 N–H and O–H groups in total. The number of carbonyl (C=O) groups excluding carboxylic acids is 1. The summed E-state index contributed by atoms with van der Waals surface area (Å²) in [5, 5.41) is 11.5. The molecule has 3 aromatic rings. The Kier molecular flexibility index (Phi) is 9.25. The molecule has 190 valence electrons. The minimum atomic E-state index is -4.59. The standard InChI is InChI=1S/C26H29N2O7P/c1-35-23-9-5-8-22(17-23)28(18-36(32,33)34)24(26(31)27-15-14-25(29)30)16-19-10-12-21(13-11-19)20-6-3-2-4-7-20/h2-13,17,24H,14-16,18H2,1H3,(H,27,31)(H,29,30)(H2,32,33,34)/t24-/m0/s1. The number of carbonyl (C=O) groups is 2. The highest BCUT2D eigenvalue weighted by Gasteiger charge is 2.31. The van der Waals surface area contributed by atoms with Crippen LogP contribution in [0.2, 0.25) is 0 Å². The number of nitrogens with zero attached hydrogens (tertiary/aromatic N) is 1. The number of ether oxygens (including phenoxy) is 1. The molecule has 3 aromatic carbocycles. The quantitative estimate of drug-likeness (QED) is 0.271. The molecule has 0 aromatic heterocycles. The largest absolute Gasteiger partial charge is 0.497 e. The molecule has 0 aliphatic carbocycles. The number of anilines is 1. The van der Waals surface area contributed by atoms with E-state index in [4.69, 9.17) is 9.84 Å². The van der Waals surface area contributed by atoms with Gasteiger partial charge in [0.2, 0.25) is 5.91 Å². The SMILES string of the molecule is COc1cccc(N(CP(=O)(O)O)[C@@H](Cc2ccc(-c3ccccc3)cc2)C(=O)NCCC(=O)O)c1. The molecule has 10 heteroatoms. The van der Waals surface area contributed by atoms with Gasteiger partial charge in [0.25, 0.3) is 0 Å². The molecule has 0 aliphatic heterocycles. The highest BCUT2D eigenvalue weighted by molar-refractivity contribution is 7.51. The van der Waals surface area contributed by atoms with Crippen molar-refractivity contribution in [2.75, 3.05) is 24.8 Å². The number of carboxylic acids is 1. The van der Waals surface area contributed by atoms with Gasteiger partial charge in [-0.05, 0) is 28.8 Å². The van der Waals surface area contributed by atoms with E-state index in [0.717, 1.165) is 16.7 Å². The second kappa shape index (κ2) is 12.4. The Morgan fingerprint density at radius 2 is 1.64 bits per heavy atom. The van der Waals surface area contributed by atoms with Crippen LogP contribution in [0.15, 0.2) is 78.9 Å². The Balaban J connectivity index is 1.95. The summed E-state index contributed by atoms with van der Waals surface area (Å²) >= 11 is 0. The normalized spacial score (nSPS) is 12.0. The first-order valence-electron chi connectivity index (χ1n) is 11.3. The molecule has 0 spiro atoms.